The molecule has 0 spiro atoms. The van der Waals surface area contributed by atoms with E-state index in [9.17, 15) is 9.90 Å². The van der Waals surface area contributed by atoms with Crippen molar-refractivity contribution in [2.24, 2.45) is 0 Å². The first-order chi connectivity index (χ1) is 5.59. The van der Waals surface area contributed by atoms with Gasteiger partial charge in [-0.05, 0) is 12.2 Å². The first-order valence-electron chi connectivity index (χ1n) is 2.73. The van der Waals surface area contributed by atoms with Crippen LogP contribution in [0.3, 0.4) is 0 Å². The predicted octanol–water partition coefficient (Wildman–Crippen LogP) is -2.44. The van der Waals surface area contributed by atoms with Crippen LogP contribution in [0.2, 0.25) is 0 Å². The van der Waals surface area contributed by atoms with E-state index in [-0.39, 0.29) is 34.5 Å². The van der Waals surface area contributed by atoms with Crippen LogP contribution in [0.15, 0.2) is 15.8 Å². The zero-order valence-corrected chi connectivity index (χ0v) is 11.1. The van der Waals surface area contributed by atoms with E-state index in [1.807, 2.05) is 0 Å². The van der Waals surface area contributed by atoms with Crippen LogP contribution in [0.4, 0.5) is 0 Å². The maximum Gasteiger partial charge on any atom is 1.00 e. The number of rotatable bonds is 3. The number of carboxylic acids is 1. The van der Waals surface area contributed by atoms with Crippen LogP contribution >= 0.6 is 35.3 Å². The molecule has 13 heavy (non-hydrogen) atoms. The summed E-state index contributed by atoms with van der Waals surface area (Å²) in [5.74, 6) is -1.29. The number of carbonyl (C=O) groups is 1. The second-order valence-corrected chi connectivity index (χ2v) is 4.70. The molecule has 1 N–H and O–H groups in total. The molecule has 0 unspecified atom stereocenters. The predicted molar refractivity (Wildman–Crippen MR) is 47.3 cm³/mol. The molecular formula is C5H3N2NaO2S3. The molecule has 8 heteroatoms. The molecule has 0 atom stereocenters. The van der Waals surface area contributed by atoms with E-state index in [1.165, 1.54) is 11.3 Å². The van der Waals surface area contributed by atoms with Crippen molar-refractivity contribution in [3.05, 3.63) is 15.4 Å². The van der Waals surface area contributed by atoms with Crippen molar-refractivity contribution < 1.29 is 39.5 Å². The molecule has 64 valence electrons. The van der Waals surface area contributed by atoms with E-state index in [4.69, 9.17) is 12.2 Å². The Balaban J connectivity index is 0.00000144. The van der Waals surface area contributed by atoms with Crippen molar-refractivity contribution >= 4 is 41.3 Å². The number of thioether (sulfide) groups is 1. The van der Waals surface area contributed by atoms with E-state index >= 15 is 0 Å². The van der Waals surface area contributed by atoms with Crippen LogP contribution in [0.1, 0.15) is 0 Å². The summed E-state index contributed by atoms with van der Waals surface area (Å²) < 4.78 is 1.03. The normalized spacial score (nSPS) is 8.92. The smallest absolute Gasteiger partial charge is 0.544 e. The van der Waals surface area contributed by atoms with E-state index in [2.05, 4.69) is 16.8 Å². The third-order valence-electron chi connectivity index (χ3n) is 0.857. The Morgan fingerprint density at radius 2 is 2.38 bits per heavy atom. The van der Waals surface area contributed by atoms with Crippen molar-refractivity contribution in [1.82, 2.24) is 10.2 Å². The van der Waals surface area contributed by atoms with Gasteiger partial charge in [0.15, 0.2) is 8.29 Å². The number of hydrogen-bond acceptors (Lipinski definition) is 6. The fourth-order valence-corrected chi connectivity index (χ4v) is 2.29. The number of carboxylic acid groups (broad SMARTS) is 1. The Kier molecular flexibility index (Phi) is 6.10. The average Bonchev–Trinajstić information content (AvgIpc) is 2.35. The fourth-order valence-electron chi connectivity index (χ4n) is 0.407. The van der Waals surface area contributed by atoms with Gasteiger partial charge in [0.1, 0.15) is 0 Å². The van der Waals surface area contributed by atoms with Crippen LogP contribution in [0.5, 0.6) is 0 Å². The molecule has 0 aliphatic carbocycles. The topological polar surface area (TPSA) is 68.8 Å². The summed E-state index contributed by atoms with van der Waals surface area (Å²) in [5.41, 5.74) is 0. The molecule has 1 aromatic heterocycles. The molecule has 0 saturated heterocycles. The Bertz CT molecular complexity index is 372. The van der Waals surface area contributed by atoms with Gasteiger partial charge < -0.3 is 9.90 Å². The van der Waals surface area contributed by atoms with Gasteiger partial charge in [-0.3, -0.25) is 5.10 Å². The number of hydrogen-bond donors (Lipinski definition) is 1. The summed E-state index contributed by atoms with van der Waals surface area (Å²) in [6.45, 7) is 3.28. The van der Waals surface area contributed by atoms with Crippen LogP contribution < -0.4 is 34.7 Å². The molecule has 1 rings (SSSR count). The monoisotopic (exact) mass is 242 g/mol. The van der Waals surface area contributed by atoms with Crippen LogP contribution in [0, 0.1) is 3.95 Å². The van der Waals surface area contributed by atoms with Crippen molar-refractivity contribution in [3.63, 3.8) is 0 Å². The number of aromatic nitrogens is 2. The summed E-state index contributed by atoms with van der Waals surface area (Å²) in [7, 11) is 0. The first kappa shape index (κ1) is 13.3. The van der Waals surface area contributed by atoms with Gasteiger partial charge in [-0.15, -0.1) is 0 Å². The average molecular weight is 242 g/mol. The number of H-pyrrole nitrogens is 1. The number of carbonyl (C=O) groups excluding carboxylic acids is 1. The van der Waals surface area contributed by atoms with E-state index < -0.39 is 5.97 Å². The molecule has 0 aromatic carbocycles. The zero-order chi connectivity index (χ0) is 9.14. The Morgan fingerprint density at radius 3 is 2.77 bits per heavy atom. The zero-order valence-electron chi connectivity index (χ0n) is 6.70. The van der Waals surface area contributed by atoms with Crippen LogP contribution in [-0.4, -0.2) is 16.2 Å². The Hall–Kier alpha value is 0.340. The summed E-state index contributed by atoms with van der Waals surface area (Å²) in [6, 6.07) is 0. The summed E-state index contributed by atoms with van der Waals surface area (Å²) >= 11 is 6.86. The molecule has 4 nitrogen and oxygen atoms in total. The fraction of sp³-hybridized carbons (Fsp3) is 0. The molecule has 1 aromatic rings. The van der Waals surface area contributed by atoms with Crippen molar-refractivity contribution in [2.75, 3.05) is 0 Å². The minimum absolute atomic E-state index is 0. The van der Waals surface area contributed by atoms with Gasteiger partial charge in [-0.25, -0.2) is 0 Å². The molecule has 0 bridgehead atoms. The maximum absolute atomic E-state index is 10.2. The molecule has 1 heterocycles. The first-order valence-corrected chi connectivity index (χ1v) is 4.77. The minimum atomic E-state index is -1.29. The Labute approximate surface area is 110 Å². The second-order valence-electron chi connectivity index (χ2n) is 1.69. The summed E-state index contributed by atoms with van der Waals surface area (Å²) in [6.07, 6.45) is 0. The van der Waals surface area contributed by atoms with Gasteiger partial charge in [0, 0.05) is 4.91 Å². The van der Waals surface area contributed by atoms with Gasteiger partial charge in [-0.1, -0.05) is 29.7 Å². The molecule has 0 amide bonds. The SMILES string of the molecule is C=C(Sc1n[nH]c(=S)s1)C(=O)[O-].[Na+]. The molecule has 0 radical (unpaired) electrons. The third-order valence-corrected chi connectivity index (χ3v) is 2.92. The number of aliphatic carboxylic acids is 1. The molecule has 0 aliphatic rings. The van der Waals surface area contributed by atoms with Crippen molar-refractivity contribution in [1.29, 1.82) is 0 Å². The molecular weight excluding hydrogens is 239 g/mol. The van der Waals surface area contributed by atoms with Crippen LogP contribution in [-0.2, 0) is 4.79 Å². The summed E-state index contributed by atoms with van der Waals surface area (Å²) in [4.78, 5) is 10.1. The summed E-state index contributed by atoms with van der Waals surface area (Å²) in [5, 5.41) is 16.5. The largest absolute Gasteiger partial charge is 1.00 e. The van der Waals surface area contributed by atoms with Crippen LogP contribution in [0.25, 0.3) is 0 Å². The minimum Gasteiger partial charge on any atom is -0.544 e. The quantitative estimate of drug-likeness (QED) is 0.276. The standard InChI is InChI=1S/C5H4N2O2S3.Na/c1-2(3(8)9)11-5-7-6-4(10)12-5;/h1H2,(H,6,10)(H,8,9);/q;+1/p-1. The molecule has 0 fully saturated rings. The third kappa shape index (κ3) is 4.39. The van der Waals surface area contributed by atoms with Gasteiger partial charge in [0.2, 0.25) is 0 Å². The number of nitrogens with one attached hydrogen (secondary N) is 1. The van der Waals surface area contributed by atoms with Crippen molar-refractivity contribution in [3.8, 4) is 0 Å². The van der Waals surface area contributed by atoms with Crippen molar-refractivity contribution in [2.45, 2.75) is 4.34 Å². The van der Waals surface area contributed by atoms with E-state index in [0.29, 0.717) is 8.29 Å². The number of nitrogens with zero attached hydrogens (tertiary/aromatic N) is 1. The Morgan fingerprint density at radius 1 is 1.77 bits per heavy atom. The van der Waals surface area contributed by atoms with E-state index in [1.54, 1.807) is 0 Å². The van der Waals surface area contributed by atoms with Gasteiger partial charge >= 0.3 is 29.6 Å². The molecule has 0 saturated carbocycles. The number of aromatic amines is 1. The van der Waals surface area contributed by atoms with E-state index in [0.717, 1.165) is 11.8 Å². The molecule has 0 aliphatic heterocycles. The van der Waals surface area contributed by atoms with Gasteiger partial charge in [0.05, 0.1) is 5.97 Å². The van der Waals surface area contributed by atoms with Gasteiger partial charge in [0.25, 0.3) is 0 Å². The maximum atomic E-state index is 10.2. The second kappa shape index (κ2) is 5.94. The van der Waals surface area contributed by atoms with Gasteiger partial charge in [-0.2, -0.15) is 5.10 Å².